The third-order valence-electron chi connectivity index (χ3n) is 2.42. The first-order valence-corrected chi connectivity index (χ1v) is 6.34. The molecule has 1 rings (SSSR count). The van der Waals surface area contributed by atoms with Crippen molar-refractivity contribution in [3.8, 4) is 0 Å². The van der Waals surface area contributed by atoms with Crippen LogP contribution in [-0.2, 0) is 4.74 Å². The molecule has 0 aliphatic rings. The summed E-state index contributed by atoms with van der Waals surface area (Å²) in [7, 11) is 0. The third-order valence-corrected chi connectivity index (χ3v) is 2.59. The zero-order valence-electron chi connectivity index (χ0n) is 10.9. The van der Waals surface area contributed by atoms with Crippen LogP contribution in [0.3, 0.4) is 0 Å². The summed E-state index contributed by atoms with van der Waals surface area (Å²) >= 11 is 5.75. The Morgan fingerprint density at radius 1 is 1.44 bits per heavy atom. The minimum Gasteiger partial charge on any atom is -0.380 e. The summed E-state index contributed by atoms with van der Waals surface area (Å²) in [5, 5.41) is 0.0965. The van der Waals surface area contributed by atoms with Gasteiger partial charge in [0.15, 0.2) is 0 Å². The lowest BCUT2D eigenvalue weighted by Gasteiger charge is -2.20. The molecule has 0 spiro atoms. The molecule has 100 valence electrons. The van der Waals surface area contributed by atoms with E-state index in [2.05, 4.69) is 9.97 Å². The van der Waals surface area contributed by atoms with E-state index in [1.807, 2.05) is 13.8 Å². The summed E-state index contributed by atoms with van der Waals surface area (Å²) in [5.41, 5.74) is 1.00. The second-order valence-electron chi connectivity index (χ2n) is 3.75. The number of carbonyl (C=O) groups is 1. The zero-order valence-corrected chi connectivity index (χ0v) is 11.7. The van der Waals surface area contributed by atoms with Crippen molar-refractivity contribution < 1.29 is 9.53 Å². The van der Waals surface area contributed by atoms with Gasteiger partial charge in [-0.05, 0) is 38.4 Å². The van der Waals surface area contributed by atoms with Crippen molar-refractivity contribution in [2.45, 2.75) is 20.8 Å². The molecule has 1 aromatic heterocycles. The van der Waals surface area contributed by atoms with E-state index in [0.717, 1.165) is 0 Å². The molecule has 0 radical (unpaired) electrons. The van der Waals surface area contributed by atoms with Crippen molar-refractivity contribution in [3.63, 3.8) is 0 Å². The summed E-state index contributed by atoms with van der Waals surface area (Å²) in [5.74, 6) is -0.149. The number of carbonyl (C=O) groups excluding carboxylic acids is 1. The maximum absolute atomic E-state index is 12.2. The summed E-state index contributed by atoms with van der Waals surface area (Å²) in [4.78, 5) is 21.8. The van der Waals surface area contributed by atoms with Gasteiger partial charge < -0.3 is 9.64 Å². The number of rotatable bonds is 6. The normalized spacial score (nSPS) is 10.4. The van der Waals surface area contributed by atoms with Gasteiger partial charge in [-0.1, -0.05) is 0 Å². The highest BCUT2D eigenvalue weighted by Gasteiger charge is 2.16. The van der Waals surface area contributed by atoms with Crippen LogP contribution in [0.1, 0.15) is 30.0 Å². The number of halogens is 1. The Hall–Kier alpha value is -1.20. The number of ether oxygens (including phenoxy) is 1. The van der Waals surface area contributed by atoms with Crippen LogP contribution in [0.5, 0.6) is 0 Å². The molecule has 0 bridgehead atoms. The molecular formula is C12H18ClN3O2. The minimum absolute atomic E-state index is 0.0965. The minimum atomic E-state index is -0.149. The van der Waals surface area contributed by atoms with E-state index in [1.165, 1.54) is 0 Å². The first-order chi connectivity index (χ1) is 8.58. The van der Waals surface area contributed by atoms with E-state index in [1.54, 1.807) is 17.9 Å². The highest BCUT2D eigenvalue weighted by Crippen LogP contribution is 2.08. The molecule has 0 atom stereocenters. The van der Waals surface area contributed by atoms with Crippen LogP contribution >= 0.6 is 11.6 Å². The Balaban J connectivity index is 2.76. The van der Waals surface area contributed by atoms with Gasteiger partial charge >= 0.3 is 0 Å². The lowest BCUT2D eigenvalue weighted by atomic mass is 10.3. The SMILES string of the molecule is CCOCCN(CC)C(=O)c1cc(C)nc(Cl)n1. The molecule has 18 heavy (non-hydrogen) atoms. The van der Waals surface area contributed by atoms with Crippen LogP contribution in [0.2, 0.25) is 5.28 Å². The summed E-state index contributed by atoms with van der Waals surface area (Å²) in [6.45, 7) is 7.93. The smallest absolute Gasteiger partial charge is 0.272 e. The average molecular weight is 272 g/mol. The van der Waals surface area contributed by atoms with E-state index >= 15 is 0 Å². The Bertz CT molecular complexity index is 392. The Kier molecular flexibility index (Phi) is 6.01. The first-order valence-electron chi connectivity index (χ1n) is 5.96. The lowest BCUT2D eigenvalue weighted by molar-refractivity contribution is 0.0663. The number of hydrogen-bond acceptors (Lipinski definition) is 4. The van der Waals surface area contributed by atoms with Crippen LogP contribution in [0.25, 0.3) is 0 Å². The molecule has 0 aliphatic heterocycles. The Morgan fingerprint density at radius 3 is 2.72 bits per heavy atom. The fraction of sp³-hybridized carbons (Fsp3) is 0.583. The summed E-state index contributed by atoms with van der Waals surface area (Å²) in [6, 6.07) is 1.64. The van der Waals surface area contributed by atoms with E-state index in [0.29, 0.717) is 37.7 Å². The van der Waals surface area contributed by atoms with Crippen molar-refractivity contribution in [2.24, 2.45) is 0 Å². The number of likely N-dealkylation sites (N-methyl/N-ethyl adjacent to an activating group) is 1. The molecule has 1 aromatic rings. The Morgan fingerprint density at radius 2 is 2.17 bits per heavy atom. The van der Waals surface area contributed by atoms with Gasteiger partial charge in [0.1, 0.15) is 5.69 Å². The largest absolute Gasteiger partial charge is 0.380 e. The molecule has 1 amide bonds. The predicted molar refractivity (Wildman–Crippen MR) is 69.8 cm³/mol. The van der Waals surface area contributed by atoms with Crippen LogP contribution in [-0.4, -0.2) is 47.1 Å². The van der Waals surface area contributed by atoms with Gasteiger partial charge in [-0.2, -0.15) is 0 Å². The monoisotopic (exact) mass is 271 g/mol. The van der Waals surface area contributed by atoms with Crippen molar-refractivity contribution >= 4 is 17.5 Å². The maximum Gasteiger partial charge on any atom is 0.272 e. The molecule has 1 heterocycles. The second kappa shape index (κ2) is 7.28. The standard InChI is InChI=1S/C12H18ClN3O2/c1-4-16(6-7-18-5-2)11(17)10-8-9(3)14-12(13)15-10/h8H,4-7H2,1-3H3. The van der Waals surface area contributed by atoms with Crippen molar-refractivity contribution in [1.29, 1.82) is 0 Å². The lowest BCUT2D eigenvalue weighted by Crippen LogP contribution is -2.34. The fourth-order valence-corrected chi connectivity index (χ4v) is 1.75. The van der Waals surface area contributed by atoms with E-state index < -0.39 is 0 Å². The van der Waals surface area contributed by atoms with Gasteiger partial charge in [0.25, 0.3) is 5.91 Å². The fourth-order valence-electron chi connectivity index (χ4n) is 1.53. The molecule has 0 aromatic carbocycles. The highest BCUT2D eigenvalue weighted by atomic mass is 35.5. The van der Waals surface area contributed by atoms with E-state index in [-0.39, 0.29) is 11.2 Å². The van der Waals surface area contributed by atoms with Gasteiger partial charge in [0, 0.05) is 25.4 Å². The van der Waals surface area contributed by atoms with Crippen LogP contribution in [0, 0.1) is 6.92 Å². The van der Waals surface area contributed by atoms with Crippen molar-refractivity contribution in [3.05, 3.63) is 22.7 Å². The molecule has 0 unspecified atom stereocenters. The van der Waals surface area contributed by atoms with Gasteiger partial charge in [-0.3, -0.25) is 4.79 Å². The second-order valence-corrected chi connectivity index (χ2v) is 4.08. The number of aromatic nitrogens is 2. The maximum atomic E-state index is 12.2. The van der Waals surface area contributed by atoms with Gasteiger partial charge in [-0.15, -0.1) is 0 Å². The third kappa shape index (κ3) is 4.23. The number of nitrogens with zero attached hydrogens (tertiary/aromatic N) is 3. The van der Waals surface area contributed by atoms with Crippen LogP contribution in [0.4, 0.5) is 0 Å². The van der Waals surface area contributed by atoms with Gasteiger partial charge in [-0.25, -0.2) is 9.97 Å². The number of amides is 1. The molecule has 0 N–H and O–H groups in total. The molecule has 0 aliphatic carbocycles. The topological polar surface area (TPSA) is 55.3 Å². The van der Waals surface area contributed by atoms with Crippen molar-refractivity contribution in [2.75, 3.05) is 26.3 Å². The molecule has 0 saturated heterocycles. The quantitative estimate of drug-likeness (QED) is 0.586. The highest BCUT2D eigenvalue weighted by molar-refractivity contribution is 6.28. The number of aryl methyl sites for hydroxylation is 1. The Labute approximate surface area is 112 Å². The molecule has 0 fully saturated rings. The van der Waals surface area contributed by atoms with Gasteiger partial charge in [0.05, 0.1) is 6.61 Å². The van der Waals surface area contributed by atoms with Crippen molar-refractivity contribution in [1.82, 2.24) is 14.9 Å². The summed E-state index contributed by atoms with van der Waals surface area (Å²) < 4.78 is 5.25. The van der Waals surface area contributed by atoms with E-state index in [4.69, 9.17) is 16.3 Å². The summed E-state index contributed by atoms with van der Waals surface area (Å²) in [6.07, 6.45) is 0. The number of hydrogen-bond donors (Lipinski definition) is 0. The van der Waals surface area contributed by atoms with Crippen LogP contribution in [0.15, 0.2) is 6.07 Å². The molecule has 0 saturated carbocycles. The average Bonchev–Trinajstić information content (AvgIpc) is 2.33. The molecule has 6 heteroatoms. The van der Waals surface area contributed by atoms with E-state index in [9.17, 15) is 4.79 Å². The molecular weight excluding hydrogens is 254 g/mol. The van der Waals surface area contributed by atoms with Gasteiger partial charge in [0.2, 0.25) is 5.28 Å². The first kappa shape index (κ1) is 14.9. The molecule has 5 nitrogen and oxygen atoms in total. The zero-order chi connectivity index (χ0) is 13.5. The predicted octanol–water partition coefficient (Wildman–Crippen LogP) is 1.94. The van der Waals surface area contributed by atoms with Crippen LogP contribution < -0.4 is 0 Å².